The van der Waals surface area contributed by atoms with Crippen LogP contribution in [0.25, 0.3) is 5.65 Å². The van der Waals surface area contributed by atoms with Gasteiger partial charge in [-0.15, -0.1) is 5.10 Å². The van der Waals surface area contributed by atoms with Gasteiger partial charge in [-0.25, -0.2) is 9.50 Å². The van der Waals surface area contributed by atoms with E-state index in [0.717, 1.165) is 22.0 Å². The van der Waals surface area contributed by atoms with Crippen molar-refractivity contribution in [3.8, 4) is 5.75 Å². The smallest absolute Gasteiger partial charge is 0.435 e. The monoisotopic (exact) mass is 407 g/mol. The highest BCUT2D eigenvalue weighted by atomic mass is 19.4. The molecular weight excluding hydrogens is 387 g/mol. The van der Waals surface area contributed by atoms with Crippen molar-refractivity contribution in [1.29, 1.82) is 0 Å². The molecule has 0 atom stereocenters. The van der Waals surface area contributed by atoms with Gasteiger partial charge in [0, 0.05) is 25.7 Å². The number of halogens is 3. The first kappa shape index (κ1) is 19.3. The molecule has 1 fully saturated rings. The minimum Gasteiger partial charge on any atom is -0.497 e. The van der Waals surface area contributed by atoms with Gasteiger partial charge in [0.05, 0.1) is 32.2 Å². The molecule has 10 heteroatoms. The Kier molecular flexibility index (Phi) is 5.18. The van der Waals surface area contributed by atoms with Crippen LogP contribution in [0.5, 0.6) is 5.75 Å². The number of fused-ring (bicyclic) bond motifs is 1. The highest BCUT2D eigenvalue weighted by Gasteiger charge is 2.36. The first-order chi connectivity index (χ1) is 14.0. The molecule has 4 rings (SSSR count). The summed E-state index contributed by atoms with van der Waals surface area (Å²) in [6, 6.07) is 9.17. The first-order valence-electron chi connectivity index (χ1n) is 9.11. The minimum absolute atomic E-state index is 0.128. The summed E-state index contributed by atoms with van der Waals surface area (Å²) in [4.78, 5) is 5.87. The lowest BCUT2D eigenvalue weighted by Gasteiger charge is -2.28. The van der Waals surface area contributed by atoms with Gasteiger partial charge in [-0.2, -0.15) is 13.2 Å². The summed E-state index contributed by atoms with van der Waals surface area (Å²) >= 11 is 0. The molecule has 154 valence electrons. The van der Waals surface area contributed by atoms with Crippen LogP contribution in [0.1, 0.15) is 11.3 Å². The number of anilines is 2. The van der Waals surface area contributed by atoms with Gasteiger partial charge in [-0.05, 0) is 17.7 Å². The third-order valence-corrected chi connectivity index (χ3v) is 4.72. The number of methoxy groups -OCH3 is 1. The van der Waals surface area contributed by atoms with Crippen molar-refractivity contribution in [2.75, 3.05) is 43.6 Å². The van der Waals surface area contributed by atoms with Crippen molar-refractivity contribution < 1.29 is 22.6 Å². The Balaban J connectivity index is 1.69. The lowest BCUT2D eigenvalue weighted by atomic mass is 10.2. The quantitative estimate of drug-likeness (QED) is 0.701. The Morgan fingerprint density at radius 1 is 1.17 bits per heavy atom. The molecule has 0 bridgehead atoms. The predicted molar refractivity (Wildman–Crippen MR) is 101 cm³/mol. The van der Waals surface area contributed by atoms with E-state index in [1.165, 1.54) is 0 Å². The SMILES string of the molecule is COc1ccc(CNc2cc(N3CCOCC3)nn3c(C(F)(F)F)cnc23)cc1. The minimum atomic E-state index is -4.55. The van der Waals surface area contributed by atoms with E-state index in [1.54, 1.807) is 13.2 Å². The van der Waals surface area contributed by atoms with Gasteiger partial charge in [-0.1, -0.05) is 12.1 Å². The maximum absolute atomic E-state index is 13.4. The Bertz CT molecular complexity index is 982. The highest BCUT2D eigenvalue weighted by Crippen LogP contribution is 2.32. The van der Waals surface area contributed by atoms with Crippen molar-refractivity contribution in [2.24, 2.45) is 0 Å². The number of nitrogens with zero attached hydrogens (tertiary/aromatic N) is 4. The molecule has 0 aliphatic carbocycles. The van der Waals surface area contributed by atoms with Crippen LogP contribution >= 0.6 is 0 Å². The molecule has 0 unspecified atom stereocenters. The van der Waals surface area contributed by atoms with Crippen LogP contribution in [0, 0.1) is 0 Å². The fraction of sp³-hybridized carbons (Fsp3) is 0.368. The summed E-state index contributed by atoms with van der Waals surface area (Å²) in [5.41, 5.74) is 0.655. The molecule has 0 amide bonds. The second-order valence-corrected chi connectivity index (χ2v) is 6.59. The fourth-order valence-electron chi connectivity index (χ4n) is 3.17. The van der Waals surface area contributed by atoms with Crippen molar-refractivity contribution in [1.82, 2.24) is 14.6 Å². The van der Waals surface area contributed by atoms with E-state index in [1.807, 2.05) is 29.2 Å². The Morgan fingerprint density at radius 3 is 2.55 bits per heavy atom. The summed E-state index contributed by atoms with van der Waals surface area (Å²) in [5.74, 6) is 1.18. The van der Waals surface area contributed by atoms with Crippen molar-refractivity contribution in [2.45, 2.75) is 12.7 Å². The molecule has 3 heterocycles. The van der Waals surface area contributed by atoms with Crippen LogP contribution in [-0.4, -0.2) is 48.0 Å². The summed E-state index contributed by atoms with van der Waals surface area (Å²) in [6.07, 6.45) is -3.74. The molecule has 3 aromatic rings. The second kappa shape index (κ2) is 7.78. The van der Waals surface area contributed by atoms with Crippen LogP contribution in [-0.2, 0) is 17.5 Å². The number of morpholine rings is 1. The van der Waals surface area contributed by atoms with Crippen LogP contribution < -0.4 is 15.0 Å². The molecular formula is C19H20F3N5O2. The molecule has 1 aliphatic heterocycles. The van der Waals surface area contributed by atoms with Crippen LogP contribution in [0.2, 0.25) is 0 Å². The summed E-state index contributed by atoms with van der Waals surface area (Å²) in [7, 11) is 1.59. The number of imidazole rings is 1. The molecule has 1 N–H and O–H groups in total. The zero-order valence-corrected chi connectivity index (χ0v) is 15.7. The Morgan fingerprint density at radius 2 is 1.90 bits per heavy atom. The van der Waals surface area contributed by atoms with Crippen LogP contribution in [0.15, 0.2) is 36.5 Å². The number of ether oxygens (including phenoxy) is 2. The van der Waals surface area contributed by atoms with Crippen LogP contribution in [0.4, 0.5) is 24.7 Å². The van der Waals surface area contributed by atoms with Gasteiger partial charge in [0.15, 0.2) is 17.2 Å². The van der Waals surface area contributed by atoms with E-state index in [0.29, 0.717) is 44.4 Å². The molecule has 1 aliphatic rings. The molecule has 1 saturated heterocycles. The Hall–Kier alpha value is -3.01. The zero-order chi connectivity index (χ0) is 20.4. The van der Waals surface area contributed by atoms with E-state index in [9.17, 15) is 13.2 Å². The first-order valence-corrected chi connectivity index (χ1v) is 9.11. The number of nitrogens with one attached hydrogen (secondary N) is 1. The van der Waals surface area contributed by atoms with E-state index < -0.39 is 11.9 Å². The molecule has 0 saturated carbocycles. The molecule has 2 aromatic heterocycles. The van der Waals surface area contributed by atoms with Gasteiger partial charge in [0.1, 0.15) is 5.75 Å². The lowest BCUT2D eigenvalue weighted by molar-refractivity contribution is -0.142. The number of rotatable bonds is 5. The maximum atomic E-state index is 13.4. The zero-order valence-electron chi connectivity index (χ0n) is 15.7. The van der Waals surface area contributed by atoms with E-state index in [4.69, 9.17) is 9.47 Å². The van der Waals surface area contributed by atoms with Gasteiger partial charge in [0.2, 0.25) is 0 Å². The average molecular weight is 407 g/mol. The number of hydrogen-bond donors (Lipinski definition) is 1. The van der Waals surface area contributed by atoms with Crippen molar-refractivity contribution in [3.05, 3.63) is 47.8 Å². The summed E-state index contributed by atoms with van der Waals surface area (Å²) < 4.78 is 51.6. The van der Waals surface area contributed by atoms with Crippen molar-refractivity contribution in [3.63, 3.8) is 0 Å². The topological polar surface area (TPSA) is 63.9 Å². The van der Waals surface area contributed by atoms with Gasteiger partial charge in [0.25, 0.3) is 0 Å². The average Bonchev–Trinajstić information content (AvgIpc) is 3.18. The normalized spacial score (nSPS) is 15.0. The van der Waals surface area contributed by atoms with E-state index in [2.05, 4.69) is 15.4 Å². The van der Waals surface area contributed by atoms with Crippen LogP contribution in [0.3, 0.4) is 0 Å². The predicted octanol–water partition coefficient (Wildman–Crippen LogP) is 3.21. The summed E-state index contributed by atoms with van der Waals surface area (Å²) in [5, 5.41) is 7.41. The largest absolute Gasteiger partial charge is 0.497 e. The summed E-state index contributed by atoms with van der Waals surface area (Å²) in [6.45, 7) is 2.55. The lowest BCUT2D eigenvalue weighted by Crippen LogP contribution is -2.37. The molecule has 0 spiro atoms. The number of hydrogen-bond acceptors (Lipinski definition) is 6. The number of aromatic nitrogens is 3. The molecule has 7 nitrogen and oxygen atoms in total. The number of alkyl halides is 3. The van der Waals surface area contributed by atoms with Gasteiger partial charge in [-0.3, -0.25) is 0 Å². The molecule has 0 radical (unpaired) electrons. The molecule has 1 aromatic carbocycles. The molecule has 29 heavy (non-hydrogen) atoms. The van der Waals surface area contributed by atoms with Crippen molar-refractivity contribution >= 4 is 17.2 Å². The van der Waals surface area contributed by atoms with E-state index in [-0.39, 0.29) is 5.65 Å². The standard InChI is InChI=1S/C19H20F3N5O2/c1-28-14-4-2-13(3-5-14)11-23-15-10-17(26-6-8-29-9-7-26)25-27-16(19(20,21)22)12-24-18(15)27/h2-5,10,12,23H,6-9,11H2,1H3. The third-order valence-electron chi connectivity index (χ3n) is 4.72. The third kappa shape index (κ3) is 4.07. The Labute approximate surface area is 165 Å². The second-order valence-electron chi connectivity index (χ2n) is 6.59. The van der Waals surface area contributed by atoms with Gasteiger partial charge < -0.3 is 19.7 Å². The van der Waals surface area contributed by atoms with E-state index >= 15 is 0 Å². The fourth-order valence-corrected chi connectivity index (χ4v) is 3.17. The highest BCUT2D eigenvalue weighted by molar-refractivity contribution is 5.71. The van der Waals surface area contributed by atoms with Gasteiger partial charge >= 0.3 is 6.18 Å². The maximum Gasteiger partial charge on any atom is 0.435 e. The number of benzene rings is 1.